The molecule has 2 atom stereocenters. The third-order valence-corrected chi connectivity index (χ3v) is 7.76. The summed E-state index contributed by atoms with van der Waals surface area (Å²) in [7, 11) is 0. The molecule has 182 valence electrons. The van der Waals surface area contributed by atoms with E-state index in [2.05, 4.69) is 38.7 Å². The molecule has 0 unspecified atom stereocenters. The molecule has 9 nitrogen and oxygen atoms in total. The highest BCUT2D eigenvalue weighted by molar-refractivity contribution is 6.29. The van der Waals surface area contributed by atoms with E-state index in [1.807, 2.05) is 12.3 Å². The Balaban J connectivity index is 1.50. The minimum Gasteiger partial charge on any atom is -0.481 e. The predicted octanol–water partition coefficient (Wildman–Crippen LogP) is 4.98. The highest BCUT2D eigenvalue weighted by atomic mass is 35.5. The van der Waals surface area contributed by atoms with Gasteiger partial charge in [-0.1, -0.05) is 25.4 Å². The molecule has 0 spiro atoms. The number of anilines is 1. The molecule has 35 heavy (non-hydrogen) atoms. The first-order valence-electron chi connectivity index (χ1n) is 12.2. The lowest BCUT2D eigenvalue weighted by Crippen LogP contribution is -2.51. The number of fused-ring (bicyclic) bond motifs is 5. The number of carbonyl (C=O) groups is 1. The van der Waals surface area contributed by atoms with Crippen molar-refractivity contribution in [3.63, 3.8) is 0 Å². The third-order valence-electron chi connectivity index (χ3n) is 7.58. The second-order valence-corrected chi connectivity index (χ2v) is 10.7. The van der Waals surface area contributed by atoms with E-state index in [-0.39, 0.29) is 12.0 Å². The van der Waals surface area contributed by atoms with Crippen molar-refractivity contribution in [2.45, 2.75) is 52.1 Å². The van der Waals surface area contributed by atoms with Gasteiger partial charge in [0.25, 0.3) is 0 Å². The van der Waals surface area contributed by atoms with Crippen LogP contribution in [0.1, 0.15) is 39.5 Å². The van der Waals surface area contributed by atoms with Gasteiger partial charge in [-0.25, -0.2) is 19.9 Å². The van der Waals surface area contributed by atoms with Crippen molar-refractivity contribution in [2.75, 3.05) is 5.32 Å². The molecule has 3 aliphatic rings. The van der Waals surface area contributed by atoms with Crippen LogP contribution < -0.4 is 5.32 Å². The molecule has 0 radical (unpaired) electrons. The predicted molar refractivity (Wildman–Crippen MR) is 134 cm³/mol. The Morgan fingerprint density at radius 2 is 2.00 bits per heavy atom. The van der Waals surface area contributed by atoms with E-state index in [1.165, 1.54) is 6.20 Å². The number of nitrogens with zero attached hydrogens (tertiary/aromatic N) is 5. The first-order valence-corrected chi connectivity index (χ1v) is 12.6. The summed E-state index contributed by atoms with van der Waals surface area (Å²) >= 11 is 6.14. The molecular weight excluding hydrogens is 466 g/mol. The average Bonchev–Trinajstić information content (AvgIpc) is 3.43. The number of carboxylic acid groups (broad SMARTS) is 1. The molecule has 3 saturated carbocycles. The Labute approximate surface area is 207 Å². The Kier molecular flexibility index (Phi) is 5.40. The number of aromatic nitrogens is 6. The van der Waals surface area contributed by atoms with Crippen LogP contribution >= 0.6 is 11.6 Å². The number of aliphatic carboxylic acids is 1. The van der Waals surface area contributed by atoms with Gasteiger partial charge in [0.2, 0.25) is 0 Å². The van der Waals surface area contributed by atoms with Crippen molar-refractivity contribution in [3.05, 3.63) is 29.8 Å². The van der Waals surface area contributed by atoms with Crippen molar-refractivity contribution in [2.24, 2.45) is 23.7 Å². The molecule has 10 heteroatoms. The zero-order chi connectivity index (χ0) is 24.3. The minimum atomic E-state index is -0.721. The number of rotatable bonds is 6. The first kappa shape index (κ1) is 22.3. The number of nitrogens with one attached hydrogen (secondary N) is 2. The molecule has 0 aromatic carbocycles. The monoisotopic (exact) mass is 493 g/mol. The summed E-state index contributed by atoms with van der Waals surface area (Å²) in [6, 6.07) is 1.86. The van der Waals surface area contributed by atoms with Crippen LogP contribution in [0.4, 0.5) is 5.82 Å². The molecule has 2 bridgehead atoms. The molecule has 0 amide bonds. The molecule has 0 aliphatic heterocycles. The van der Waals surface area contributed by atoms with E-state index in [4.69, 9.17) is 21.6 Å². The number of H-pyrrole nitrogens is 1. The van der Waals surface area contributed by atoms with Gasteiger partial charge >= 0.3 is 5.97 Å². The molecule has 7 rings (SSSR count). The van der Waals surface area contributed by atoms with Gasteiger partial charge in [0.15, 0.2) is 11.5 Å². The van der Waals surface area contributed by atoms with Crippen LogP contribution in [-0.2, 0) is 11.3 Å². The number of hydrogen-bond donors (Lipinski definition) is 3. The molecule has 4 heterocycles. The van der Waals surface area contributed by atoms with Crippen LogP contribution in [0, 0.1) is 23.7 Å². The average molecular weight is 494 g/mol. The standard InChI is InChI=1S/C25H28ClN7O2/c1-12(2)11-33-8-7-15-21(30-19-14-5-3-13(4-6-14)18(19)25(34)35)31-22(32-24(15)33)16-9-27-23-20(16)29-17(26)10-28-23/h7-10,12-14,18-19H,3-6,11H2,1-2H3,(H,27,28)(H,34,35)(H,30,31,32)/t13?,14?,18-,19-/m0/s1. The quantitative estimate of drug-likeness (QED) is 0.346. The van der Waals surface area contributed by atoms with Gasteiger partial charge in [-0.05, 0) is 49.5 Å². The van der Waals surface area contributed by atoms with E-state index in [0.29, 0.717) is 45.4 Å². The van der Waals surface area contributed by atoms with Gasteiger partial charge in [0.05, 0.1) is 23.1 Å². The molecule has 3 fully saturated rings. The number of hydrogen-bond acceptors (Lipinski definition) is 6. The second kappa shape index (κ2) is 8.48. The van der Waals surface area contributed by atoms with E-state index < -0.39 is 11.9 Å². The summed E-state index contributed by atoms with van der Waals surface area (Å²) in [6.07, 6.45) is 9.41. The summed E-state index contributed by atoms with van der Waals surface area (Å²) in [4.78, 5) is 34.0. The zero-order valence-electron chi connectivity index (χ0n) is 19.7. The Bertz CT molecular complexity index is 1420. The summed E-state index contributed by atoms with van der Waals surface area (Å²) in [5.41, 5.74) is 2.72. The Hall–Kier alpha value is -3.20. The smallest absolute Gasteiger partial charge is 0.308 e. The van der Waals surface area contributed by atoms with Crippen molar-refractivity contribution in [3.8, 4) is 11.4 Å². The number of aromatic amines is 1. The van der Waals surface area contributed by atoms with Crippen LogP contribution in [0.25, 0.3) is 33.6 Å². The van der Waals surface area contributed by atoms with Crippen molar-refractivity contribution < 1.29 is 9.90 Å². The van der Waals surface area contributed by atoms with E-state index >= 15 is 0 Å². The lowest BCUT2D eigenvalue weighted by Gasteiger charge is -2.47. The fourth-order valence-corrected chi connectivity index (χ4v) is 6.18. The SMILES string of the molecule is CC(C)Cn1ccc2c(N[C@H]3C4CCC(CC4)[C@@H]3C(=O)O)nc(-c3c[nH]c4ncc(Cl)nc34)nc21. The molecule has 0 saturated heterocycles. The Morgan fingerprint density at radius 3 is 2.74 bits per heavy atom. The van der Waals surface area contributed by atoms with Crippen LogP contribution in [0.2, 0.25) is 5.15 Å². The molecule has 4 aromatic rings. The van der Waals surface area contributed by atoms with Crippen LogP contribution in [0.3, 0.4) is 0 Å². The summed E-state index contributed by atoms with van der Waals surface area (Å²) in [6.45, 7) is 5.14. The van der Waals surface area contributed by atoms with Gasteiger partial charge < -0.3 is 20.0 Å². The normalized spacial score (nSPS) is 24.0. The fourth-order valence-electron chi connectivity index (χ4n) is 6.05. The van der Waals surface area contributed by atoms with Crippen LogP contribution in [0.15, 0.2) is 24.7 Å². The van der Waals surface area contributed by atoms with E-state index in [1.54, 1.807) is 6.20 Å². The molecule has 3 N–H and O–H groups in total. The Morgan fingerprint density at radius 1 is 1.23 bits per heavy atom. The maximum absolute atomic E-state index is 12.3. The number of halogens is 1. The number of carboxylic acids is 1. The van der Waals surface area contributed by atoms with Gasteiger partial charge in [0.1, 0.15) is 22.1 Å². The molecular formula is C25H28ClN7O2. The molecule has 3 aliphatic carbocycles. The zero-order valence-corrected chi connectivity index (χ0v) is 20.5. The maximum atomic E-state index is 12.3. The van der Waals surface area contributed by atoms with Gasteiger partial charge in [-0.3, -0.25) is 4.79 Å². The van der Waals surface area contributed by atoms with Crippen molar-refractivity contribution in [1.29, 1.82) is 0 Å². The van der Waals surface area contributed by atoms with Gasteiger partial charge in [-0.2, -0.15) is 0 Å². The summed E-state index contributed by atoms with van der Waals surface area (Å²) < 4.78 is 2.13. The topological polar surface area (TPSA) is 122 Å². The second-order valence-electron chi connectivity index (χ2n) is 10.3. The lowest BCUT2D eigenvalue weighted by atomic mass is 9.61. The summed E-state index contributed by atoms with van der Waals surface area (Å²) in [5.74, 6) is 1.00. The minimum absolute atomic E-state index is 0.156. The van der Waals surface area contributed by atoms with E-state index in [9.17, 15) is 9.90 Å². The maximum Gasteiger partial charge on any atom is 0.308 e. The largest absolute Gasteiger partial charge is 0.481 e. The van der Waals surface area contributed by atoms with Crippen LogP contribution in [-0.4, -0.2) is 46.6 Å². The first-order chi connectivity index (χ1) is 16.9. The van der Waals surface area contributed by atoms with Crippen molar-refractivity contribution in [1.82, 2.24) is 29.5 Å². The van der Waals surface area contributed by atoms with E-state index in [0.717, 1.165) is 43.3 Å². The fraction of sp³-hybridized carbons (Fsp3) is 0.480. The van der Waals surface area contributed by atoms with Crippen LogP contribution in [0.5, 0.6) is 0 Å². The van der Waals surface area contributed by atoms with Gasteiger partial charge in [0, 0.05) is 25.0 Å². The molecule has 4 aromatic heterocycles. The highest BCUT2D eigenvalue weighted by Crippen LogP contribution is 2.46. The van der Waals surface area contributed by atoms with Crippen molar-refractivity contribution >= 4 is 45.6 Å². The highest BCUT2D eigenvalue weighted by Gasteiger charge is 2.47. The van der Waals surface area contributed by atoms with Gasteiger partial charge in [-0.15, -0.1) is 0 Å². The lowest BCUT2D eigenvalue weighted by molar-refractivity contribution is -0.148. The summed E-state index contributed by atoms with van der Waals surface area (Å²) in [5, 5.41) is 14.9. The third kappa shape index (κ3) is 3.82.